The molecule has 2 saturated heterocycles. The normalized spacial score (nSPS) is 20.6. The van der Waals surface area contributed by atoms with Crippen molar-refractivity contribution in [1.82, 2.24) is 20.0 Å². The maximum Gasteiger partial charge on any atom is 0.419 e. The second-order valence-corrected chi connectivity index (χ2v) is 9.17. The van der Waals surface area contributed by atoms with Crippen molar-refractivity contribution in [3.8, 4) is 0 Å². The SMILES string of the molecule is Cc1ccc(C2CCN(C(=O)c3n[nH]c4c3CN(C3COC3)CC4)CC2)c(C(F)(F)F)c1F. The number of piperidine rings is 1. The number of ether oxygens (including phenoxy) is 1. The molecule has 6 nitrogen and oxygen atoms in total. The van der Waals surface area contributed by atoms with Crippen LogP contribution in [0.3, 0.4) is 0 Å². The van der Waals surface area contributed by atoms with E-state index < -0.39 is 23.5 Å². The Morgan fingerprint density at radius 1 is 1.18 bits per heavy atom. The third-order valence-corrected chi connectivity index (χ3v) is 7.18. The quantitative estimate of drug-likeness (QED) is 0.702. The molecule has 3 aliphatic rings. The fraction of sp³-hybridized carbons (Fsp3) is 0.565. The van der Waals surface area contributed by atoms with Gasteiger partial charge in [-0.05, 0) is 36.8 Å². The molecule has 2 fully saturated rings. The molecule has 178 valence electrons. The summed E-state index contributed by atoms with van der Waals surface area (Å²) >= 11 is 0. The molecule has 3 aliphatic heterocycles. The van der Waals surface area contributed by atoms with Crippen LogP contribution in [0.15, 0.2) is 12.1 Å². The lowest BCUT2D eigenvalue weighted by Gasteiger charge is -2.39. The van der Waals surface area contributed by atoms with Crippen molar-refractivity contribution in [1.29, 1.82) is 0 Å². The Labute approximate surface area is 188 Å². The van der Waals surface area contributed by atoms with Crippen LogP contribution in [0.4, 0.5) is 17.6 Å². The van der Waals surface area contributed by atoms with Crippen LogP contribution in [0.5, 0.6) is 0 Å². The maximum atomic E-state index is 14.4. The monoisotopic (exact) mass is 466 g/mol. The molecule has 5 rings (SSSR count). The summed E-state index contributed by atoms with van der Waals surface area (Å²) in [6.45, 7) is 4.86. The Hall–Kier alpha value is -2.46. The number of likely N-dealkylation sites (tertiary alicyclic amines) is 1. The van der Waals surface area contributed by atoms with Crippen LogP contribution in [-0.4, -0.2) is 64.8 Å². The van der Waals surface area contributed by atoms with Gasteiger partial charge in [0, 0.05) is 43.9 Å². The van der Waals surface area contributed by atoms with Gasteiger partial charge in [0.2, 0.25) is 0 Å². The largest absolute Gasteiger partial charge is 0.419 e. The number of nitrogens with zero attached hydrogens (tertiary/aromatic N) is 3. The Balaban J connectivity index is 1.30. The maximum absolute atomic E-state index is 14.4. The minimum atomic E-state index is -4.76. The highest BCUT2D eigenvalue weighted by Gasteiger charge is 2.40. The van der Waals surface area contributed by atoms with Crippen LogP contribution in [-0.2, 0) is 23.9 Å². The lowest BCUT2D eigenvalue weighted by Crippen LogP contribution is -2.50. The van der Waals surface area contributed by atoms with Gasteiger partial charge in [0.05, 0.1) is 24.8 Å². The molecule has 2 aromatic rings. The second-order valence-electron chi connectivity index (χ2n) is 9.17. The molecule has 1 amide bonds. The van der Waals surface area contributed by atoms with Crippen molar-refractivity contribution >= 4 is 5.91 Å². The first-order valence-corrected chi connectivity index (χ1v) is 11.3. The summed E-state index contributed by atoms with van der Waals surface area (Å²) in [4.78, 5) is 17.2. The molecule has 1 N–H and O–H groups in total. The highest BCUT2D eigenvalue weighted by atomic mass is 19.4. The zero-order chi connectivity index (χ0) is 23.3. The number of alkyl halides is 3. The molecule has 0 unspecified atom stereocenters. The number of rotatable bonds is 3. The molecule has 33 heavy (non-hydrogen) atoms. The molecular weight excluding hydrogens is 440 g/mol. The Morgan fingerprint density at radius 3 is 2.55 bits per heavy atom. The number of aromatic amines is 1. The molecule has 0 atom stereocenters. The number of halogens is 4. The van der Waals surface area contributed by atoms with Gasteiger partial charge in [-0.1, -0.05) is 12.1 Å². The van der Waals surface area contributed by atoms with Gasteiger partial charge in [-0.25, -0.2) is 4.39 Å². The first kappa shape index (κ1) is 22.3. The molecule has 1 aromatic heterocycles. The summed E-state index contributed by atoms with van der Waals surface area (Å²) in [6.07, 6.45) is -3.29. The summed E-state index contributed by atoms with van der Waals surface area (Å²) in [7, 11) is 0. The predicted octanol–water partition coefficient (Wildman–Crippen LogP) is 3.65. The number of hydrogen-bond donors (Lipinski definition) is 1. The zero-order valence-electron chi connectivity index (χ0n) is 18.3. The van der Waals surface area contributed by atoms with Gasteiger partial charge in [-0.2, -0.15) is 18.3 Å². The van der Waals surface area contributed by atoms with Crippen molar-refractivity contribution in [3.63, 3.8) is 0 Å². The van der Waals surface area contributed by atoms with E-state index in [1.165, 1.54) is 19.1 Å². The lowest BCUT2D eigenvalue weighted by molar-refractivity contribution is -0.141. The molecule has 0 aliphatic carbocycles. The van der Waals surface area contributed by atoms with Crippen molar-refractivity contribution < 1.29 is 27.1 Å². The fourth-order valence-corrected chi connectivity index (χ4v) is 5.11. The van der Waals surface area contributed by atoms with Gasteiger partial charge in [-0.15, -0.1) is 0 Å². The fourth-order valence-electron chi connectivity index (χ4n) is 5.11. The van der Waals surface area contributed by atoms with Crippen molar-refractivity contribution in [3.05, 3.63) is 51.6 Å². The van der Waals surface area contributed by atoms with E-state index in [1.807, 2.05) is 0 Å². The number of aromatic nitrogens is 2. The summed E-state index contributed by atoms with van der Waals surface area (Å²) in [5.74, 6) is -1.87. The number of fused-ring (bicyclic) bond motifs is 1. The Bertz CT molecular complexity index is 1060. The third kappa shape index (κ3) is 4.03. The lowest BCUT2D eigenvalue weighted by atomic mass is 9.85. The zero-order valence-corrected chi connectivity index (χ0v) is 18.3. The van der Waals surface area contributed by atoms with Crippen LogP contribution < -0.4 is 0 Å². The van der Waals surface area contributed by atoms with E-state index in [1.54, 1.807) is 4.90 Å². The van der Waals surface area contributed by atoms with E-state index in [9.17, 15) is 22.4 Å². The van der Waals surface area contributed by atoms with Crippen molar-refractivity contribution in [2.45, 2.75) is 50.9 Å². The molecule has 0 saturated carbocycles. The number of H-pyrrole nitrogens is 1. The number of amides is 1. The number of carbonyl (C=O) groups excluding carboxylic acids is 1. The van der Waals surface area contributed by atoms with Crippen LogP contribution in [0, 0.1) is 12.7 Å². The summed E-state index contributed by atoms with van der Waals surface area (Å²) in [5, 5.41) is 7.27. The number of hydrogen-bond acceptors (Lipinski definition) is 4. The first-order valence-electron chi connectivity index (χ1n) is 11.3. The molecule has 4 heterocycles. The summed E-state index contributed by atoms with van der Waals surface area (Å²) < 4.78 is 60.4. The third-order valence-electron chi connectivity index (χ3n) is 7.18. The van der Waals surface area contributed by atoms with Gasteiger partial charge in [0.1, 0.15) is 5.82 Å². The van der Waals surface area contributed by atoms with Crippen LogP contribution in [0.25, 0.3) is 0 Å². The summed E-state index contributed by atoms with van der Waals surface area (Å²) in [6, 6.07) is 3.14. The van der Waals surface area contributed by atoms with Crippen LogP contribution in [0.1, 0.15) is 57.2 Å². The highest BCUT2D eigenvalue weighted by molar-refractivity contribution is 5.94. The first-order chi connectivity index (χ1) is 15.7. The van der Waals surface area contributed by atoms with Crippen molar-refractivity contribution in [2.75, 3.05) is 32.8 Å². The topological polar surface area (TPSA) is 61.5 Å². The molecule has 0 spiro atoms. The average molecular weight is 466 g/mol. The number of aryl methyl sites for hydroxylation is 1. The standard InChI is InChI=1S/C23H26F4N4O2/c1-13-2-3-16(19(20(13)24)23(25,26)27)14-4-7-30(8-5-14)22(32)21-17-10-31(15-11-33-12-15)9-6-18(17)28-29-21/h2-3,14-15H,4-12H2,1H3,(H,28,29). The minimum Gasteiger partial charge on any atom is -0.378 e. The number of nitrogens with one attached hydrogen (secondary N) is 1. The minimum absolute atomic E-state index is 0.0202. The van der Waals surface area contributed by atoms with E-state index in [2.05, 4.69) is 15.1 Å². The molecule has 0 bridgehead atoms. The highest BCUT2D eigenvalue weighted by Crippen LogP contribution is 2.41. The van der Waals surface area contributed by atoms with Gasteiger partial charge < -0.3 is 9.64 Å². The van der Waals surface area contributed by atoms with Gasteiger partial charge in [0.25, 0.3) is 5.91 Å². The van der Waals surface area contributed by atoms with E-state index >= 15 is 0 Å². The number of benzene rings is 1. The van der Waals surface area contributed by atoms with Crippen LogP contribution >= 0.6 is 0 Å². The van der Waals surface area contributed by atoms with E-state index in [0.29, 0.717) is 57.4 Å². The van der Waals surface area contributed by atoms with Gasteiger partial charge in [0.15, 0.2) is 5.69 Å². The molecule has 10 heteroatoms. The second kappa shape index (κ2) is 8.39. The molecule has 1 aromatic carbocycles. The summed E-state index contributed by atoms with van der Waals surface area (Å²) in [5.41, 5.74) is 1.05. The van der Waals surface area contributed by atoms with Gasteiger partial charge in [-0.3, -0.25) is 14.8 Å². The number of carbonyl (C=O) groups is 1. The Morgan fingerprint density at radius 2 is 1.91 bits per heavy atom. The van der Waals surface area contributed by atoms with E-state index in [4.69, 9.17) is 4.74 Å². The van der Waals surface area contributed by atoms with Crippen LogP contribution in [0.2, 0.25) is 0 Å². The predicted molar refractivity (Wildman–Crippen MR) is 111 cm³/mol. The smallest absolute Gasteiger partial charge is 0.378 e. The average Bonchev–Trinajstić information content (AvgIpc) is 3.16. The van der Waals surface area contributed by atoms with Gasteiger partial charge >= 0.3 is 6.18 Å². The molecular formula is C23H26F4N4O2. The van der Waals surface area contributed by atoms with Crippen molar-refractivity contribution in [2.24, 2.45) is 0 Å². The Kier molecular flexibility index (Phi) is 5.68. The molecule has 0 radical (unpaired) electrons. The van der Waals surface area contributed by atoms with E-state index in [-0.39, 0.29) is 17.0 Å². The van der Waals surface area contributed by atoms with E-state index in [0.717, 1.165) is 24.2 Å².